The van der Waals surface area contributed by atoms with Gasteiger partial charge in [0.25, 0.3) is 0 Å². The Hall–Kier alpha value is -0.760. The number of hydrogen-bond acceptors (Lipinski definition) is 5. The number of nitrogens with zero attached hydrogens (tertiary/aromatic N) is 1. The maximum Gasteiger partial charge on any atom is 0.243 e. The average Bonchev–Trinajstić information content (AvgIpc) is 2.95. The Kier molecular flexibility index (Phi) is 4.44. The van der Waals surface area contributed by atoms with Crippen LogP contribution in [-0.2, 0) is 10.0 Å². The summed E-state index contributed by atoms with van der Waals surface area (Å²) >= 11 is 1.96. The molecule has 0 aromatic heterocycles. The number of rotatable bonds is 5. The van der Waals surface area contributed by atoms with Gasteiger partial charge in [-0.2, -0.15) is 16.1 Å². The minimum atomic E-state index is -3.36. The molecule has 2 heterocycles. The molecule has 0 radical (unpaired) electrons. The first-order valence-electron chi connectivity index (χ1n) is 7.07. The van der Waals surface area contributed by atoms with Crippen LogP contribution in [0.1, 0.15) is 6.42 Å². The highest BCUT2D eigenvalue weighted by atomic mass is 32.2. The molecule has 0 saturated carbocycles. The molecule has 1 N–H and O–H groups in total. The highest BCUT2D eigenvalue weighted by molar-refractivity contribution is 7.99. The van der Waals surface area contributed by atoms with Gasteiger partial charge >= 0.3 is 0 Å². The first-order valence-corrected chi connectivity index (χ1v) is 9.67. The van der Waals surface area contributed by atoms with Crippen LogP contribution in [0.5, 0.6) is 5.75 Å². The second-order valence-corrected chi connectivity index (χ2v) is 8.51. The third-order valence-electron chi connectivity index (χ3n) is 3.95. The van der Waals surface area contributed by atoms with Gasteiger partial charge in [0, 0.05) is 30.9 Å². The van der Waals surface area contributed by atoms with Crippen molar-refractivity contribution >= 4 is 21.8 Å². The second-order valence-electron chi connectivity index (χ2n) is 5.42. The van der Waals surface area contributed by atoms with Crippen LogP contribution in [0.3, 0.4) is 0 Å². The summed E-state index contributed by atoms with van der Waals surface area (Å²) in [5.74, 6) is 3.01. The third-order valence-corrected chi connectivity index (χ3v) is 6.95. The highest BCUT2D eigenvalue weighted by Gasteiger charge is 2.37. The third kappa shape index (κ3) is 3.21. The molecule has 5 nitrogen and oxygen atoms in total. The van der Waals surface area contributed by atoms with E-state index >= 15 is 0 Å². The van der Waals surface area contributed by atoms with Crippen molar-refractivity contribution in [2.75, 3.05) is 31.7 Å². The maximum atomic E-state index is 12.5. The van der Waals surface area contributed by atoms with Gasteiger partial charge in [-0.15, -0.1) is 0 Å². The molecular formula is C14H20N2O3S2. The SMILES string of the molecule is COc1ccc(S(=O)(=O)N2CC(NC3CCSC3)C2)cc1. The van der Waals surface area contributed by atoms with E-state index in [-0.39, 0.29) is 0 Å². The molecule has 0 amide bonds. The van der Waals surface area contributed by atoms with Gasteiger partial charge < -0.3 is 10.1 Å². The Morgan fingerprint density at radius 3 is 2.52 bits per heavy atom. The Morgan fingerprint density at radius 2 is 1.95 bits per heavy atom. The minimum Gasteiger partial charge on any atom is -0.497 e. The van der Waals surface area contributed by atoms with E-state index < -0.39 is 10.0 Å². The zero-order valence-electron chi connectivity index (χ0n) is 12.0. The van der Waals surface area contributed by atoms with Crippen LogP contribution >= 0.6 is 11.8 Å². The quantitative estimate of drug-likeness (QED) is 0.879. The number of benzene rings is 1. The fraction of sp³-hybridized carbons (Fsp3) is 0.571. The molecule has 2 aliphatic rings. The van der Waals surface area contributed by atoms with E-state index in [0.29, 0.717) is 35.8 Å². The number of nitrogens with one attached hydrogen (secondary N) is 1. The van der Waals surface area contributed by atoms with Crippen molar-refractivity contribution < 1.29 is 13.2 Å². The van der Waals surface area contributed by atoms with E-state index in [0.717, 1.165) is 5.75 Å². The Balaban J connectivity index is 1.58. The molecule has 1 aromatic carbocycles. The number of thioether (sulfide) groups is 1. The van der Waals surface area contributed by atoms with E-state index in [2.05, 4.69) is 5.32 Å². The largest absolute Gasteiger partial charge is 0.497 e. The summed E-state index contributed by atoms with van der Waals surface area (Å²) in [5.41, 5.74) is 0. The zero-order chi connectivity index (χ0) is 14.9. The van der Waals surface area contributed by atoms with Crippen LogP contribution in [0.15, 0.2) is 29.2 Å². The zero-order valence-corrected chi connectivity index (χ0v) is 13.6. The molecule has 1 unspecified atom stereocenters. The van der Waals surface area contributed by atoms with Crippen molar-refractivity contribution in [3.63, 3.8) is 0 Å². The first-order chi connectivity index (χ1) is 10.1. The van der Waals surface area contributed by atoms with Crippen LogP contribution in [0.2, 0.25) is 0 Å². The predicted octanol–water partition coefficient (Wildman–Crippen LogP) is 1.16. The summed E-state index contributed by atoms with van der Waals surface area (Å²) < 4.78 is 31.5. The summed E-state index contributed by atoms with van der Waals surface area (Å²) in [6.45, 7) is 1.13. The molecule has 1 atom stereocenters. The maximum absolute atomic E-state index is 12.5. The van der Waals surface area contributed by atoms with Crippen molar-refractivity contribution in [3.8, 4) is 5.75 Å². The van der Waals surface area contributed by atoms with Crippen LogP contribution < -0.4 is 10.1 Å². The van der Waals surface area contributed by atoms with Crippen LogP contribution in [-0.4, -0.2) is 56.5 Å². The number of hydrogen-bond donors (Lipinski definition) is 1. The first kappa shape index (κ1) is 15.1. The van der Waals surface area contributed by atoms with Crippen LogP contribution in [0.25, 0.3) is 0 Å². The van der Waals surface area contributed by atoms with Crippen molar-refractivity contribution in [1.82, 2.24) is 9.62 Å². The average molecular weight is 328 g/mol. The molecule has 3 rings (SSSR count). The lowest BCUT2D eigenvalue weighted by Crippen LogP contribution is -2.61. The highest BCUT2D eigenvalue weighted by Crippen LogP contribution is 2.25. The molecule has 2 aliphatic heterocycles. The van der Waals surface area contributed by atoms with Gasteiger partial charge in [0.15, 0.2) is 0 Å². The van der Waals surface area contributed by atoms with Gasteiger partial charge in [-0.3, -0.25) is 0 Å². The van der Waals surface area contributed by atoms with Crippen molar-refractivity contribution in [2.45, 2.75) is 23.4 Å². The summed E-state index contributed by atoms with van der Waals surface area (Å²) in [6, 6.07) is 7.40. The molecule has 2 saturated heterocycles. The molecule has 21 heavy (non-hydrogen) atoms. The molecule has 1 aromatic rings. The van der Waals surface area contributed by atoms with Gasteiger partial charge in [-0.05, 0) is 36.4 Å². The lowest BCUT2D eigenvalue weighted by molar-refractivity contribution is 0.214. The van der Waals surface area contributed by atoms with E-state index in [1.54, 1.807) is 31.4 Å². The predicted molar refractivity (Wildman–Crippen MR) is 84.4 cm³/mol. The normalized spacial score (nSPS) is 24.0. The summed E-state index contributed by atoms with van der Waals surface area (Å²) in [4.78, 5) is 0.332. The summed E-state index contributed by atoms with van der Waals surface area (Å²) in [7, 11) is -1.80. The number of sulfonamides is 1. The van der Waals surface area contributed by atoms with E-state index in [9.17, 15) is 8.42 Å². The molecule has 116 valence electrons. The lowest BCUT2D eigenvalue weighted by atomic mass is 10.1. The standard InChI is InChI=1S/C14H20N2O3S2/c1-19-13-2-4-14(5-3-13)21(17,18)16-8-12(9-16)15-11-6-7-20-10-11/h2-5,11-12,15H,6-10H2,1H3. The fourth-order valence-corrected chi connectivity index (χ4v) is 5.33. The van der Waals surface area contributed by atoms with E-state index in [1.165, 1.54) is 16.5 Å². The smallest absolute Gasteiger partial charge is 0.243 e. The van der Waals surface area contributed by atoms with E-state index in [4.69, 9.17) is 4.74 Å². The topological polar surface area (TPSA) is 58.6 Å². The van der Waals surface area contributed by atoms with Gasteiger partial charge in [0.05, 0.1) is 12.0 Å². The van der Waals surface area contributed by atoms with Gasteiger partial charge in [0.1, 0.15) is 5.75 Å². The second kappa shape index (κ2) is 6.16. The molecule has 7 heteroatoms. The molecule has 0 bridgehead atoms. The van der Waals surface area contributed by atoms with Crippen molar-refractivity contribution in [3.05, 3.63) is 24.3 Å². The molecule has 2 fully saturated rings. The monoisotopic (exact) mass is 328 g/mol. The van der Waals surface area contributed by atoms with Crippen molar-refractivity contribution in [2.24, 2.45) is 0 Å². The van der Waals surface area contributed by atoms with Gasteiger partial charge in [-0.25, -0.2) is 8.42 Å². The molecule has 0 aliphatic carbocycles. The van der Waals surface area contributed by atoms with E-state index in [1.807, 2.05) is 11.8 Å². The van der Waals surface area contributed by atoms with Gasteiger partial charge in [-0.1, -0.05) is 0 Å². The molecular weight excluding hydrogens is 308 g/mol. The minimum absolute atomic E-state index is 0.293. The molecule has 0 spiro atoms. The summed E-state index contributed by atoms with van der Waals surface area (Å²) in [5, 5.41) is 3.54. The number of methoxy groups -OCH3 is 1. The fourth-order valence-electron chi connectivity index (χ4n) is 2.64. The Labute approximate surface area is 130 Å². The van der Waals surface area contributed by atoms with Gasteiger partial charge in [0.2, 0.25) is 10.0 Å². The Bertz CT molecular complexity index is 577. The summed E-state index contributed by atoms with van der Waals surface area (Å²) in [6.07, 6.45) is 1.19. The van der Waals surface area contributed by atoms with Crippen LogP contribution in [0, 0.1) is 0 Å². The lowest BCUT2D eigenvalue weighted by Gasteiger charge is -2.39. The number of ether oxygens (including phenoxy) is 1. The van der Waals surface area contributed by atoms with Crippen LogP contribution in [0.4, 0.5) is 0 Å². The van der Waals surface area contributed by atoms with Crippen molar-refractivity contribution in [1.29, 1.82) is 0 Å². The Morgan fingerprint density at radius 1 is 1.24 bits per heavy atom.